The molecular weight excluding hydrogens is 414 g/mol. The van der Waals surface area contributed by atoms with Gasteiger partial charge in [0.05, 0.1) is 11.8 Å². The van der Waals surface area contributed by atoms with E-state index in [-0.39, 0.29) is 24.8 Å². The second kappa shape index (κ2) is 7.36. The number of aliphatic hydroxyl groups is 1. The number of likely N-dealkylation sites (tertiary alicyclic amines) is 1. The van der Waals surface area contributed by atoms with Crippen molar-refractivity contribution in [3.8, 4) is 0 Å². The lowest BCUT2D eigenvalue weighted by Crippen LogP contribution is -2.52. The lowest BCUT2D eigenvalue weighted by molar-refractivity contribution is -0.144. The number of rotatable bonds is 6. The second-order valence-corrected chi connectivity index (χ2v) is 10.4. The highest BCUT2D eigenvalue weighted by molar-refractivity contribution is 5.90. The highest BCUT2D eigenvalue weighted by Gasteiger charge is 2.52. The Bertz CT molecular complexity index is 1000. The van der Waals surface area contributed by atoms with Crippen LogP contribution in [0.2, 0.25) is 0 Å². The molecule has 0 radical (unpaired) electrons. The van der Waals surface area contributed by atoms with Gasteiger partial charge in [0.25, 0.3) is 0 Å². The van der Waals surface area contributed by atoms with Crippen LogP contribution in [0.1, 0.15) is 76.4 Å². The molecule has 2 aromatic rings. The molecule has 3 heterocycles. The molecule has 2 aromatic heterocycles. The van der Waals surface area contributed by atoms with E-state index in [0.717, 1.165) is 18.5 Å². The summed E-state index contributed by atoms with van der Waals surface area (Å²) in [6.07, 6.45) is 6.09. The lowest BCUT2D eigenvalue weighted by atomic mass is 9.85. The van der Waals surface area contributed by atoms with Gasteiger partial charge in [0.15, 0.2) is 5.82 Å². The molecule has 0 bridgehead atoms. The first-order chi connectivity index (χ1) is 15.2. The number of aliphatic hydroxyl groups excluding tert-OH is 1. The topological polar surface area (TPSA) is 139 Å². The number of carbonyl (C=O) groups is 2. The predicted molar refractivity (Wildman–Crippen MR) is 110 cm³/mol. The minimum Gasteiger partial charge on any atom is -0.391 e. The van der Waals surface area contributed by atoms with Gasteiger partial charge in [-0.25, -0.2) is 4.68 Å². The van der Waals surface area contributed by atoms with Gasteiger partial charge in [0.1, 0.15) is 17.6 Å². The first kappa shape index (κ1) is 21.0. The minimum absolute atomic E-state index is 0.100. The van der Waals surface area contributed by atoms with Crippen LogP contribution in [0, 0.1) is 5.41 Å². The zero-order valence-corrected chi connectivity index (χ0v) is 18.6. The maximum atomic E-state index is 13.8. The second-order valence-electron chi connectivity index (χ2n) is 10.4. The van der Waals surface area contributed by atoms with Gasteiger partial charge in [-0.05, 0) is 31.1 Å². The summed E-state index contributed by atoms with van der Waals surface area (Å²) in [7, 11) is 0. The summed E-state index contributed by atoms with van der Waals surface area (Å²) in [6.45, 7) is 5.99. The van der Waals surface area contributed by atoms with Crippen LogP contribution in [0.25, 0.3) is 0 Å². The number of nitrogens with one attached hydrogen (secondary N) is 1. The predicted octanol–water partition coefficient (Wildman–Crippen LogP) is 0.893. The monoisotopic (exact) mass is 443 g/mol. The number of nitrogens with zero attached hydrogens (tertiary/aromatic N) is 6. The minimum atomic E-state index is -0.779. The zero-order chi connectivity index (χ0) is 22.7. The van der Waals surface area contributed by atoms with Gasteiger partial charge < -0.3 is 19.8 Å². The summed E-state index contributed by atoms with van der Waals surface area (Å²) < 4.78 is 6.46. The third-order valence-corrected chi connectivity index (χ3v) is 6.61. The van der Waals surface area contributed by atoms with Crippen LogP contribution in [0.5, 0.6) is 0 Å². The van der Waals surface area contributed by atoms with Gasteiger partial charge in [-0.15, -0.1) is 5.10 Å². The molecule has 3 fully saturated rings. The molecule has 2 amide bonds. The first-order valence-corrected chi connectivity index (χ1v) is 11.2. The van der Waals surface area contributed by atoms with Crippen molar-refractivity contribution in [2.75, 3.05) is 6.54 Å². The van der Waals surface area contributed by atoms with E-state index >= 15 is 0 Å². The number of amides is 2. The standard InChI is InChI=1S/C21H29N7O4/c1-20(2,3)16(28-10-14(24-26-28)12-4-5-12)18(31)27-9-13(29)8-15(27)17(30)23-21(6-7-21)19-22-11-32-25-19/h10-13,15-16,29H,4-9H2,1-3H3,(H,23,30)/t13-,15+,16-/m1/s1. The van der Waals surface area contributed by atoms with Crippen LogP contribution >= 0.6 is 0 Å². The molecule has 3 atom stereocenters. The van der Waals surface area contributed by atoms with E-state index < -0.39 is 29.1 Å². The highest BCUT2D eigenvalue weighted by atomic mass is 16.5. The molecule has 1 aliphatic heterocycles. The normalized spacial score (nSPS) is 25.6. The Labute approximate surface area is 185 Å². The fourth-order valence-corrected chi connectivity index (χ4v) is 4.56. The van der Waals surface area contributed by atoms with Gasteiger partial charge in [0.2, 0.25) is 18.2 Å². The molecule has 2 aliphatic carbocycles. The molecule has 32 heavy (non-hydrogen) atoms. The van der Waals surface area contributed by atoms with Gasteiger partial charge in [-0.1, -0.05) is 31.1 Å². The number of hydrogen-bond acceptors (Lipinski definition) is 8. The van der Waals surface area contributed by atoms with E-state index in [2.05, 4.69) is 25.8 Å². The summed E-state index contributed by atoms with van der Waals surface area (Å²) in [4.78, 5) is 32.6. The smallest absolute Gasteiger partial charge is 0.248 e. The van der Waals surface area contributed by atoms with Crippen molar-refractivity contribution in [3.63, 3.8) is 0 Å². The summed E-state index contributed by atoms with van der Waals surface area (Å²) in [5.41, 5.74) is -0.220. The Hall–Kier alpha value is -2.82. The Morgan fingerprint density at radius 2 is 2.06 bits per heavy atom. The van der Waals surface area contributed by atoms with Crippen LogP contribution in [0.15, 0.2) is 17.1 Å². The van der Waals surface area contributed by atoms with E-state index in [1.165, 1.54) is 11.3 Å². The van der Waals surface area contributed by atoms with Crippen molar-refractivity contribution in [2.45, 2.75) is 82.5 Å². The molecule has 11 nitrogen and oxygen atoms in total. The Balaban J connectivity index is 1.38. The fourth-order valence-electron chi connectivity index (χ4n) is 4.56. The maximum absolute atomic E-state index is 13.8. The van der Waals surface area contributed by atoms with E-state index in [9.17, 15) is 14.7 Å². The number of carbonyl (C=O) groups excluding carboxylic acids is 2. The van der Waals surface area contributed by atoms with Crippen LogP contribution in [-0.2, 0) is 15.1 Å². The van der Waals surface area contributed by atoms with E-state index in [4.69, 9.17) is 4.52 Å². The number of hydrogen-bond donors (Lipinski definition) is 2. The first-order valence-electron chi connectivity index (χ1n) is 11.2. The molecule has 3 aliphatic rings. The summed E-state index contributed by atoms with van der Waals surface area (Å²) in [5.74, 6) is 0.296. The van der Waals surface area contributed by atoms with Gasteiger partial charge in [-0.3, -0.25) is 9.59 Å². The van der Waals surface area contributed by atoms with Crippen LogP contribution in [-0.4, -0.2) is 65.6 Å². The molecule has 11 heteroatoms. The maximum Gasteiger partial charge on any atom is 0.248 e. The SMILES string of the molecule is CC(C)(C)[C@@H](C(=O)N1C[C@H](O)C[C@H]1C(=O)NC1(c2ncon2)CC1)n1cc(C2CC2)nn1. The van der Waals surface area contributed by atoms with E-state index in [1.54, 1.807) is 4.68 Å². The average Bonchev–Trinajstić information content (AvgIpc) is 3.53. The Morgan fingerprint density at radius 3 is 2.66 bits per heavy atom. The largest absolute Gasteiger partial charge is 0.391 e. The molecule has 1 saturated heterocycles. The summed E-state index contributed by atoms with van der Waals surface area (Å²) in [5, 5.41) is 25.8. The lowest BCUT2D eigenvalue weighted by Gasteiger charge is -2.34. The summed E-state index contributed by atoms with van der Waals surface area (Å²) >= 11 is 0. The van der Waals surface area contributed by atoms with Crippen molar-refractivity contribution >= 4 is 11.8 Å². The molecular formula is C21H29N7O4. The Morgan fingerprint density at radius 1 is 1.31 bits per heavy atom. The van der Waals surface area contributed by atoms with E-state index in [0.29, 0.717) is 24.6 Å². The van der Waals surface area contributed by atoms with Gasteiger partial charge in [0, 0.05) is 25.1 Å². The third kappa shape index (κ3) is 3.78. The Kier molecular flexibility index (Phi) is 4.84. The highest BCUT2D eigenvalue weighted by Crippen LogP contribution is 2.44. The molecule has 0 aromatic carbocycles. The van der Waals surface area contributed by atoms with Crippen molar-refractivity contribution in [1.82, 2.24) is 35.4 Å². The molecule has 0 unspecified atom stereocenters. The van der Waals surface area contributed by atoms with Crippen LogP contribution < -0.4 is 5.32 Å². The third-order valence-electron chi connectivity index (χ3n) is 6.61. The van der Waals surface area contributed by atoms with Crippen LogP contribution in [0.4, 0.5) is 0 Å². The number of aromatic nitrogens is 5. The van der Waals surface area contributed by atoms with Crippen molar-refractivity contribution < 1.29 is 19.2 Å². The van der Waals surface area contributed by atoms with Gasteiger partial charge >= 0.3 is 0 Å². The zero-order valence-electron chi connectivity index (χ0n) is 18.6. The van der Waals surface area contributed by atoms with Crippen molar-refractivity contribution in [1.29, 1.82) is 0 Å². The molecule has 172 valence electrons. The van der Waals surface area contributed by atoms with E-state index in [1.807, 2.05) is 27.0 Å². The molecule has 0 spiro atoms. The van der Waals surface area contributed by atoms with Gasteiger partial charge in [-0.2, -0.15) is 4.98 Å². The quantitative estimate of drug-likeness (QED) is 0.671. The fraction of sp³-hybridized carbons (Fsp3) is 0.714. The average molecular weight is 444 g/mol. The summed E-state index contributed by atoms with van der Waals surface area (Å²) in [6, 6.07) is -1.42. The van der Waals surface area contributed by atoms with Crippen molar-refractivity contribution in [3.05, 3.63) is 24.1 Å². The molecule has 5 rings (SSSR count). The van der Waals surface area contributed by atoms with Crippen LogP contribution in [0.3, 0.4) is 0 Å². The molecule has 2 saturated carbocycles. The molecule has 2 N–H and O–H groups in total. The number of β-amino-alcohol motifs (C(OH)–C–C–N with tert-alkyl or cyclic N) is 1. The van der Waals surface area contributed by atoms with Crippen molar-refractivity contribution in [2.24, 2.45) is 5.41 Å².